The van der Waals surface area contributed by atoms with Gasteiger partial charge in [-0.1, -0.05) is 5.06 Å². The number of rotatable bonds is 2. The van der Waals surface area contributed by atoms with Crippen molar-refractivity contribution in [2.24, 2.45) is 0 Å². The van der Waals surface area contributed by atoms with Gasteiger partial charge < -0.3 is 5.21 Å². The second-order valence-electron chi connectivity index (χ2n) is 5.95. The molecule has 0 atom stereocenters. The zero-order valence-corrected chi connectivity index (χ0v) is 12.2. The van der Waals surface area contributed by atoms with Crippen LogP contribution >= 0.6 is 0 Å². The summed E-state index contributed by atoms with van der Waals surface area (Å²) in [6.07, 6.45) is 3.75. The van der Waals surface area contributed by atoms with Crippen LogP contribution in [0.4, 0.5) is 0 Å². The number of hydrogen-bond acceptors (Lipinski definition) is 2. The van der Waals surface area contributed by atoms with Crippen molar-refractivity contribution in [3.8, 4) is 0 Å². The van der Waals surface area contributed by atoms with E-state index in [2.05, 4.69) is 0 Å². The Morgan fingerprint density at radius 3 is 2.11 bits per heavy atom. The van der Waals surface area contributed by atoms with Crippen molar-refractivity contribution in [2.45, 2.75) is 52.2 Å². The van der Waals surface area contributed by atoms with Gasteiger partial charge in [-0.05, 0) is 34.6 Å². The minimum atomic E-state index is -0.763. The molecule has 5 heteroatoms. The van der Waals surface area contributed by atoms with Gasteiger partial charge in [0.25, 0.3) is 0 Å². The number of hydrogen-bond donors (Lipinski definition) is 0. The van der Waals surface area contributed by atoms with Gasteiger partial charge in [0.1, 0.15) is 12.1 Å². The Kier molecular flexibility index (Phi) is 3.05. The van der Waals surface area contributed by atoms with Crippen LogP contribution in [-0.2, 0) is 11.8 Å². The third-order valence-corrected chi connectivity index (χ3v) is 4.41. The Hall–Kier alpha value is -1.62. The first-order valence-corrected chi connectivity index (χ1v) is 6.54. The van der Waals surface area contributed by atoms with Crippen molar-refractivity contribution in [2.75, 3.05) is 0 Å². The summed E-state index contributed by atoms with van der Waals surface area (Å²) in [7, 11) is 0. The molecule has 0 unspecified atom stereocenters. The minimum Gasteiger partial charge on any atom is -0.714 e. The van der Waals surface area contributed by atoms with Gasteiger partial charge in [-0.15, -0.1) is 0 Å². The molecule has 0 aliphatic carbocycles. The maximum atomic E-state index is 12.4. The summed E-state index contributed by atoms with van der Waals surface area (Å²) in [5.41, 5.74) is -0.866. The maximum Gasteiger partial charge on any atom is 0.317 e. The van der Waals surface area contributed by atoms with Gasteiger partial charge in [-0.2, -0.15) is 0 Å². The zero-order valence-electron chi connectivity index (χ0n) is 12.2. The standard InChI is InChI=1S/C14H21N3O2/c1-6-15-9-7-11(8-10-15)12-16(18)13(2,3)14(4,5)17(12)19/h7-10H,6H2,1-5H3/q+1. The molecule has 0 bridgehead atoms. The SMILES string of the molecule is CC[n+]1ccc(C2=[N+]([O-])C(C)(C)C(C)(C)N2[O])cc1. The lowest BCUT2D eigenvalue weighted by molar-refractivity contribution is -0.693. The quantitative estimate of drug-likeness (QED) is 0.599. The molecule has 2 heterocycles. The van der Waals surface area contributed by atoms with E-state index >= 15 is 0 Å². The fourth-order valence-electron chi connectivity index (χ4n) is 2.16. The molecular formula is C14H21N3O2+. The summed E-state index contributed by atoms with van der Waals surface area (Å²) >= 11 is 0. The first-order chi connectivity index (χ1) is 8.73. The Labute approximate surface area is 114 Å². The fourth-order valence-corrected chi connectivity index (χ4v) is 2.16. The van der Waals surface area contributed by atoms with E-state index in [1.54, 1.807) is 27.7 Å². The number of pyridine rings is 1. The summed E-state index contributed by atoms with van der Waals surface area (Å²) in [5, 5.41) is 25.7. The highest BCUT2D eigenvalue weighted by Gasteiger charge is 2.59. The predicted octanol–water partition coefficient (Wildman–Crippen LogP) is 1.47. The van der Waals surface area contributed by atoms with E-state index in [9.17, 15) is 10.4 Å². The normalized spacial score (nSPS) is 21.1. The largest absolute Gasteiger partial charge is 0.714 e. The second-order valence-corrected chi connectivity index (χ2v) is 5.95. The average molecular weight is 263 g/mol. The van der Waals surface area contributed by atoms with Crippen LogP contribution in [0, 0.1) is 5.21 Å². The molecule has 0 aromatic carbocycles. The number of amidine groups is 1. The average Bonchev–Trinajstić information content (AvgIpc) is 2.49. The predicted molar refractivity (Wildman–Crippen MR) is 70.7 cm³/mol. The van der Waals surface area contributed by atoms with Crippen LogP contribution in [-0.4, -0.2) is 26.7 Å². The topological polar surface area (TPSA) is 53.1 Å². The molecule has 1 aliphatic heterocycles. The third-order valence-electron chi connectivity index (χ3n) is 4.41. The molecule has 19 heavy (non-hydrogen) atoms. The van der Waals surface area contributed by atoms with Crippen molar-refractivity contribution >= 4 is 5.84 Å². The van der Waals surface area contributed by atoms with Gasteiger partial charge in [0.05, 0.1) is 5.56 Å². The Bertz CT molecular complexity index is 518. The van der Waals surface area contributed by atoms with E-state index in [1.165, 1.54) is 0 Å². The molecule has 5 nitrogen and oxygen atoms in total. The summed E-state index contributed by atoms with van der Waals surface area (Å²) in [6.45, 7) is 10.1. The number of nitrogens with zero attached hydrogens (tertiary/aromatic N) is 3. The lowest BCUT2D eigenvalue weighted by atomic mass is 9.84. The van der Waals surface area contributed by atoms with Crippen molar-refractivity contribution in [1.29, 1.82) is 0 Å². The molecule has 0 spiro atoms. The molecule has 0 saturated heterocycles. The van der Waals surface area contributed by atoms with E-state index in [0.29, 0.717) is 5.56 Å². The van der Waals surface area contributed by atoms with Crippen LogP contribution in [0.5, 0.6) is 0 Å². The molecule has 0 saturated carbocycles. The molecular weight excluding hydrogens is 242 g/mol. The summed E-state index contributed by atoms with van der Waals surface area (Å²) in [6, 6.07) is 3.62. The molecule has 103 valence electrons. The first-order valence-electron chi connectivity index (χ1n) is 6.54. The lowest BCUT2D eigenvalue weighted by Gasteiger charge is -2.32. The van der Waals surface area contributed by atoms with Crippen LogP contribution in [0.15, 0.2) is 24.5 Å². The molecule has 1 radical (unpaired) electrons. The van der Waals surface area contributed by atoms with Crippen molar-refractivity contribution in [3.05, 3.63) is 35.3 Å². The van der Waals surface area contributed by atoms with Gasteiger partial charge in [-0.25, -0.2) is 4.57 Å². The second kappa shape index (κ2) is 4.20. The summed E-state index contributed by atoms with van der Waals surface area (Å²) in [4.78, 5) is 0. The van der Waals surface area contributed by atoms with E-state index in [1.807, 2.05) is 36.0 Å². The van der Waals surface area contributed by atoms with Crippen molar-refractivity contribution in [3.63, 3.8) is 0 Å². The minimum absolute atomic E-state index is 0.193. The van der Waals surface area contributed by atoms with E-state index in [4.69, 9.17) is 0 Å². The summed E-state index contributed by atoms with van der Waals surface area (Å²) < 4.78 is 2.82. The molecule has 1 aromatic rings. The highest BCUT2D eigenvalue weighted by atomic mass is 16.5. The molecule has 2 rings (SSSR count). The van der Waals surface area contributed by atoms with Crippen LogP contribution in [0.1, 0.15) is 40.2 Å². The van der Waals surface area contributed by atoms with Crippen molar-refractivity contribution in [1.82, 2.24) is 5.06 Å². The van der Waals surface area contributed by atoms with Crippen molar-refractivity contribution < 1.29 is 14.5 Å². The Balaban J connectivity index is 2.52. The van der Waals surface area contributed by atoms with Gasteiger partial charge >= 0.3 is 5.84 Å². The Morgan fingerprint density at radius 1 is 1.21 bits per heavy atom. The van der Waals surface area contributed by atoms with Gasteiger partial charge in [-0.3, -0.25) is 4.74 Å². The molecule has 0 N–H and O–H groups in total. The number of aromatic nitrogens is 1. The van der Waals surface area contributed by atoms with E-state index in [0.717, 1.165) is 16.3 Å². The maximum absolute atomic E-state index is 12.4. The molecule has 1 aromatic heterocycles. The van der Waals surface area contributed by atoms with Crippen LogP contribution in [0.2, 0.25) is 0 Å². The van der Waals surface area contributed by atoms with Gasteiger partial charge in [0.2, 0.25) is 0 Å². The number of aryl methyl sites for hydroxylation is 1. The van der Waals surface area contributed by atoms with E-state index < -0.39 is 11.1 Å². The highest BCUT2D eigenvalue weighted by molar-refractivity contribution is 5.95. The third kappa shape index (κ3) is 1.80. The van der Waals surface area contributed by atoms with E-state index in [-0.39, 0.29) is 5.84 Å². The Morgan fingerprint density at radius 2 is 1.74 bits per heavy atom. The molecule has 0 amide bonds. The first kappa shape index (κ1) is 13.8. The zero-order chi connectivity index (χ0) is 14.4. The fraction of sp³-hybridized carbons (Fsp3) is 0.571. The van der Waals surface area contributed by atoms with Crippen LogP contribution < -0.4 is 4.57 Å². The van der Waals surface area contributed by atoms with Crippen LogP contribution in [0.25, 0.3) is 0 Å². The summed E-state index contributed by atoms with van der Waals surface area (Å²) in [5.74, 6) is 0.193. The van der Waals surface area contributed by atoms with Gasteiger partial charge in [0.15, 0.2) is 17.9 Å². The molecule has 1 aliphatic rings. The molecule has 0 fully saturated rings. The smallest absolute Gasteiger partial charge is 0.317 e. The monoisotopic (exact) mass is 263 g/mol. The van der Waals surface area contributed by atoms with Crippen LogP contribution in [0.3, 0.4) is 0 Å². The van der Waals surface area contributed by atoms with Gasteiger partial charge in [0, 0.05) is 17.3 Å². The number of hydroxylamine groups is 3. The highest BCUT2D eigenvalue weighted by Crippen LogP contribution is 2.37. The lowest BCUT2D eigenvalue weighted by Crippen LogP contribution is -2.53.